The molecular weight excluding hydrogens is 351 g/mol. The van der Waals surface area contributed by atoms with Gasteiger partial charge in [0.2, 0.25) is 0 Å². The summed E-state index contributed by atoms with van der Waals surface area (Å²) in [5.41, 5.74) is 0. The molecule has 3 atom stereocenters. The smallest absolute Gasteiger partial charge is 0.130 e. The molecule has 3 unspecified atom stereocenters. The molecule has 0 aromatic heterocycles. The zero-order valence-corrected chi connectivity index (χ0v) is 13.3. The van der Waals surface area contributed by atoms with Crippen LogP contribution >= 0.6 is 39.0 Å². The number of hydrogen-bond donors (Lipinski definition) is 0. The van der Waals surface area contributed by atoms with Gasteiger partial charge < -0.3 is 4.57 Å². The molecule has 2 rings (SSSR count). The Bertz CT molecular complexity index is 420. The molecule has 0 N–H and O–H groups in total. The molecule has 1 aliphatic heterocycles. The van der Waals surface area contributed by atoms with E-state index in [2.05, 4.69) is 38.8 Å². The highest BCUT2D eigenvalue weighted by Crippen LogP contribution is 2.66. The highest BCUT2D eigenvalue weighted by molar-refractivity contribution is 9.13. The van der Waals surface area contributed by atoms with Crippen LogP contribution in [0.2, 0.25) is 0 Å². The van der Waals surface area contributed by atoms with Crippen molar-refractivity contribution in [2.24, 2.45) is 0 Å². The first-order chi connectivity index (χ1) is 7.53. The fourth-order valence-electron chi connectivity index (χ4n) is 2.24. The first-order valence-corrected chi connectivity index (χ1v) is 9.17. The lowest BCUT2D eigenvalue weighted by Crippen LogP contribution is -2.26. The van der Waals surface area contributed by atoms with E-state index in [4.69, 9.17) is 0 Å². The molecule has 0 saturated carbocycles. The van der Waals surface area contributed by atoms with E-state index in [0.29, 0.717) is 0 Å². The summed E-state index contributed by atoms with van der Waals surface area (Å²) in [5, 5.41) is 1.01. The average Bonchev–Trinajstić information content (AvgIpc) is 2.57. The molecule has 0 amide bonds. The molecule has 4 heteroatoms. The van der Waals surface area contributed by atoms with Crippen molar-refractivity contribution in [1.82, 2.24) is 0 Å². The number of benzene rings is 1. The van der Waals surface area contributed by atoms with Crippen LogP contribution in [0.4, 0.5) is 0 Å². The molecule has 0 radical (unpaired) electrons. The van der Waals surface area contributed by atoms with E-state index in [-0.39, 0.29) is 8.89 Å². The second kappa shape index (κ2) is 4.59. The summed E-state index contributed by atoms with van der Waals surface area (Å²) >= 11 is 7.43. The van der Waals surface area contributed by atoms with Crippen LogP contribution in [0.3, 0.4) is 0 Å². The molecule has 88 valence electrons. The van der Waals surface area contributed by atoms with Gasteiger partial charge >= 0.3 is 0 Å². The number of halogens is 2. The second-order valence-electron chi connectivity index (χ2n) is 4.33. The van der Waals surface area contributed by atoms with E-state index in [1.165, 1.54) is 0 Å². The molecule has 0 spiro atoms. The second-order valence-corrected chi connectivity index (χ2v) is 10.6. The topological polar surface area (TPSA) is 17.1 Å². The Kier molecular flexibility index (Phi) is 3.69. The van der Waals surface area contributed by atoms with E-state index in [0.717, 1.165) is 24.3 Å². The predicted octanol–water partition coefficient (Wildman–Crippen LogP) is 4.34. The van der Waals surface area contributed by atoms with E-state index >= 15 is 0 Å². The van der Waals surface area contributed by atoms with Crippen LogP contribution < -0.4 is 5.30 Å². The van der Waals surface area contributed by atoms with Crippen molar-refractivity contribution >= 4 is 44.3 Å². The summed E-state index contributed by atoms with van der Waals surface area (Å²) in [6.45, 7) is 2.14. The van der Waals surface area contributed by atoms with Gasteiger partial charge in [-0.15, -0.1) is 0 Å². The highest BCUT2D eigenvalue weighted by Gasteiger charge is 2.51. The van der Waals surface area contributed by atoms with Crippen LogP contribution in [0.5, 0.6) is 0 Å². The molecule has 0 bridgehead atoms. The normalized spacial score (nSPS) is 38.8. The van der Waals surface area contributed by atoms with Gasteiger partial charge in [0.15, 0.2) is 0 Å². The standard InChI is InChI=1S/C12H15Br2OP/c1-2-12(14)8-9-16(15,11(12)13)10-6-4-3-5-7-10/h3-7,11H,2,8-9H2,1H3. The van der Waals surface area contributed by atoms with Crippen molar-refractivity contribution < 1.29 is 4.57 Å². The first-order valence-electron chi connectivity index (χ1n) is 5.50. The summed E-state index contributed by atoms with van der Waals surface area (Å²) in [4.78, 5) is 0. The number of alkyl halides is 2. The Labute approximate surface area is 114 Å². The van der Waals surface area contributed by atoms with Crippen molar-refractivity contribution in [3.63, 3.8) is 0 Å². The minimum absolute atomic E-state index is 0.00162. The predicted molar refractivity (Wildman–Crippen MR) is 77.8 cm³/mol. The van der Waals surface area contributed by atoms with Gasteiger partial charge in [-0.3, -0.25) is 0 Å². The van der Waals surface area contributed by atoms with E-state index in [9.17, 15) is 4.57 Å². The quantitative estimate of drug-likeness (QED) is 0.562. The zero-order valence-electron chi connectivity index (χ0n) is 9.20. The largest absolute Gasteiger partial charge is 0.317 e. The van der Waals surface area contributed by atoms with Crippen LogP contribution in [0, 0.1) is 0 Å². The third-order valence-electron chi connectivity index (χ3n) is 3.43. The molecule has 1 heterocycles. The van der Waals surface area contributed by atoms with Gasteiger partial charge in [0.05, 0.1) is 4.57 Å². The van der Waals surface area contributed by atoms with Gasteiger partial charge in [0.25, 0.3) is 0 Å². The molecule has 1 aromatic carbocycles. The van der Waals surface area contributed by atoms with E-state index < -0.39 is 7.14 Å². The monoisotopic (exact) mass is 364 g/mol. The molecule has 0 aliphatic carbocycles. The van der Waals surface area contributed by atoms with Gasteiger partial charge in [-0.2, -0.15) is 0 Å². The summed E-state index contributed by atoms with van der Waals surface area (Å²) in [5.74, 6) is 0. The van der Waals surface area contributed by atoms with Crippen molar-refractivity contribution in [3.05, 3.63) is 30.3 Å². The summed E-state index contributed by atoms with van der Waals surface area (Å²) in [6.07, 6.45) is 2.78. The molecule has 1 aromatic rings. The average molecular weight is 366 g/mol. The molecule has 1 fully saturated rings. The molecule has 16 heavy (non-hydrogen) atoms. The zero-order chi connectivity index (χ0) is 11.8. The summed E-state index contributed by atoms with van der Waals surface area (Å²) in [7, 11) is -2.28. The van der Waals surface area contributed by atoms with Gasteiger partial charge in [-0.25, -0.2) is 0 Å². The Morgan fingerprint density at radius 3 is 2.56 bits per heavy atom. The minimum Gasteiger partial charge on any atom is -0.317 e. The third kappa shape index (κ3) is 1.95. The van der Waals surface area contributed by atoms with Crippen LogP contribution in [-0.4, -0.2) is 15.1 Å². The van der Waals surface area contributed by atoms with E-state index in [1.807, 2.05) is 30.3 Å². The Hall–Kier alpha value is 0.410. The first kappa shape index (κ1) is 12.9. The minimum atomic E-state index is -2.28. The molecule has 1 nitrogen and oxygen atoms in total. The fraction of sp³-hybridized carbons (Fsp3) is 0.500. The van der Waals surface area contributed by atoms with Crippen molar-refractivity contribution in [1.29, 1.82) is 0 Å². The summed E-state index contributed by atoms with van der Waals surface area (Å²) < 4.78 is 13.1. The van der Waals surface area contributed by atoms with Gasteiger partial charge in [-0.1, -0.05) is 69.1 Å². The number of rotatable bonds is 2. The SMILES string of the molecule is CCC1(Br)CCP(=O)(c2ccccc2)C1Br. The Balaban J connectivity index is 2.40. The summed E-state index contributed by atoms with van der Waals surface area (Å²) in [6, 6.07) is 9.88. The van der Waals surface area contributed by atoms with Crippen molar-refractivity contribution in [2.45, 2.75) is 28.7 Å². The maximum atomic E-state index is 13.0. The van der Waals surface area contributed by atoms with Gasteiger partial charge in [0.1, 0.15) is 7.14 Å². The molecule has 1 saturated heterocycles. The van der Waals surface area contributed by atoms with Gasteiger partial charge in [0, 0.05) is 15.8 Å². The lowest BCUT2D eigenvalue weighted by Gasteiger charge is -2.26. The number of hydrogen-bond acceptors (Lipinski definition) is 1. The maximum Gasteiger partial charge on any atom is 0.130 e. The fourth-order valence-corrected chi connectivity index (χ4v) is 8.83. The molecule has 1 aliphatic rings. The Morgan fingerprint density at radius 2 is 2.06 bits per heavy atom. The lowest BCUT2D eigenvalue weighted by molar-refractivity contribution is 0.580. The van der Waals surface area contributed by atoms with Crippen LogP contribution in [-0.2, 0) is 4.57 Å². The Morgan fingerprint density at radius 1 is 1.44 bits per heavy atom. The maximum absolute atomic E-state index is 13.0. The van der Waals surface area contributed by atoms with Gasteiger partial charge in [-0.05, 0) is 12.8 Å². The lowest BCUT2D eigenvalue weighted by atomic mass is 10.1. The third-order valence-corrected chi connectivity index (χ3v) is 12.0. The van der Waals surface area contributed by atoms with E-state index in [1.54, 1.807) is 0 Å². The van der Waals surface area contributed by atoms with Crippen LogP contribution in [0.1, 0.15) is 19.8 Å². The van der Waals surface area contributed by atoms with Crippen LogP contribution in [0.25, 0.3) is 0 Å². The highest BCUT2D eigenvalue weighted by atomic mass is 79.9. The van der Waals surface area contributed by atoms with Crippen molar-refractivity contribution in [3.8, 4) is 0 Å². The van der Waals surface area contributed by atoms with Crippen molar-refractivity contribution in [2.75, 3.05) is 6.16 Å². The van der Waals surface area contributed by atoms with Crippen LogP contribution in [0.15, 0.2) is 30.3 Å². The molecular formula is C12H15Br2OP.